The molecule has 5 rings (SSSR count). The Labute approximate surface area is 177 Å². The van der Waals surface area contributed by atoms with Gasteiger partial charge in [0, 0.05) is 18.7 Å². The summed E-state index contributed by atoms with van der Waals surface area (Å²) < 4.78 is 0. The van der Waals surface area contributed by atoms with Crippen molar-refractivity contribution in [2.75, 3.05) is 11.9 Å². The van der Waals surface area contributed by atoms with Crippen molar-refractivity contribution in [2.24, 2.45) is 46.8 Å². The molecule has 4 aliphatic rings. The van der Waals surface area contributed by atoms with Gasteiger partial charge in [-0.3, -0.25) is 4.79 Å². The number of carbonyl (C=O) groups is 1. The lowest BCUT2D eigenvalue weighted by Crippen LogP contribution is -2.50. The molecule has 2 nitrogen and oxygen atoms in total. The average Bonchev–Trinajstić information content (AvgIpc) is 3.10. The van der Waals surface area contributed by atoms with Gasteiger partial charge in [0.1, 0.15) is 0 Å². The van der Waals surface area contributed by atoms with Crippen LogP contribution in [0.3, 0.4) is 0 Å². The summed E-state index contributed by atoms with van der Waals surface area (Å²) in [4.78, 5) is 15.5. The molecule has 29 heavy (non-hydrogen) atoms. The van der Waals surface area contributed by atoms with Crippen molar-refractivity contribution in [3.8, 4) is 0 Å². The fraction of sp³-hybridized carbons (Fsp3) is 0.741. The molecule has 4 saturated carbocycles. The minimum Gasteiger partial charge on any atom is -0.315 e. The van der Waals surface area contributed by atoms with E-state index in [2.05, 4.69) is 26.0 Å². The normalized spacial score (nSPS) is 43.8. The third-order valence-electron chi connectivity index (χ3n) is 9.99. The van der Waals surface area contributed by atoms with Gasteiger partial charge in [0.15, 0.2) is 0 Å². The average molecular weight is 394 g/mol. The molecule has 0 heterocycles. The summed E-state index contributed by atoms with van der Waals surface area (Å²) in [7, 11) is 1.98. The number of hydrogen-bond acceptors (Lipinski definition) is 1. The van der Waals surface area contributed by atoms with Gasteiger partial charge < -0.3 is 4.90 Å². The second kappa shape index (κ2) is 7.43. The standard InChI is InChI=1S/C27H39NO/c1-18-9-11-21-19(17-18)10-12-23-22(21)15-16-27(2)24(23)13-14-25(27)26(29)28(3)20-7-5-4-6-8-20/h4-8,18-19,21-25H,9-17H2,1-3H3. The van der Waals surface area contributed by atoms with Gasteiger partial charge in [-0.2, -0.15) is 0 Å². The zero-order valence-corrected chi connectivity index (χ0v) is 18.6. The van der Waals surface area contributed by atoms with Crippen LogP contribution in [-0.4, -0.2) is 13.0 Å². The Morgan fingerprint density at radius 1 is 0.931 bits per heavy atom. The van der Waals surface area contributed by atoms with Crippen LogP contribution in [0.2, 0.25) is 0 Å². The Kier molecular flexibility index (Phi) is 5.03. The van der Waals surface area contributed by atoms with Gasteiger partial charge in [-0.05, 0) is 104 Å². The zero-order valence-electron chi connectivity index (χ0n) is 18.6. The molecular formula is C27H39NO. The molecule has 0 aliphatic heterocycles. The lowest BCUT2D eigenvalue weighted by molar-refractivity contribution is -0.129. The van der Waals surface area contributed by atoms with E-state index in [1.807, 2.05) is 30.1 Å². The van der Waals surface area contributed by atoms with E-state index in [1.165, 1.54) is 51.4 Å². The molecule has 0 bridgehead atoms. The number of carbonyl (C=O) groups excluding carboxylic acids is 1. The smallest absolute Gasteiger partial charge is 0.230 e. The number of benzene rings is 1. The first-order chi connectivity index (χ1) is 14.0. The van der Waals surface area contributed by atoms with Crippen LogP contribution >= 0.6 is 0 Å². The number of para-hydroxylation sites is 1. The van der Waals surface area contributed by atoms with Gasteiger partial charge in [0.2, 0.25) is 5.91 Å². The molecule has 8 unspecified atom stereocenters. The highest BCUT2D eigenvalue weighted by Crippen LogP contribution is 2.64. The van der Waals surface area contributed by atoms with E-state index in [-0.39, 0.29) is 11.3 Å². The number of anilines is 1. The van der Waals surface area contributed by atoms with Crippen molar-refractivity contribution >= 4 is 11.6 Å². The van der Waals surface area contributed by atoms with Crippen LogP contribution < -0.4 is 4.90 Å². The SMILES string of the molecule is CC1CCC2C(CCC3C2CCC2(C)C(C(=O)N(C)c4ccccc4)CCC32)C1. The van der Waals surface area contributed by atoms with Gasteiger partial charge in [-0.25, -0.2) is 0 Å². The summed E-state index contributed by atoms with van der Waals surface area (Å²) in [5, 5.41) is 0. The Hall–Kier alpha value is -1.31. The number of amides is 1. The number of nitrogens with zero attached hydrogens (tertiary/aromatic N) is 1. The molecule has 0 N–H and O–H groups in total. The Balaban J connectivity index is 1.34. The highest BCUT2D eigenvalue weighted by atomic mass is 16.2. The van der Waals surface area contributed by atoms with Gasteiger partial charge in [0.25, 0.3) is 0 Å². The maximum Gasteiger partial charge on any atom is 0.230 e. The zero-order chi connectivity index (χ0) is 20.2. The van der Waals surface area contributed by atoms with Crippen LogP contribution in [0.5, 0.6) is 0 Å². The maximum atomic E-state index is 13.6. The minimum atomic E-state index is 0.211. The Bertz CT molecular complexity index is 744. The molecule has 0 radical (unpaired) electrons. The summed E-state index contributed by atoms with van der Waals surface area (Å²) in [6.07, 6.45) is 12.4. The molecule has 4 fully saturated rings. The first-order valence-corrected chi connectivity index (χ1v) is 12.3. The van der Waals surface area contributed by atoms with Crippen LogP contribution in [0.25, 0.3) is 0 Å². The predicted molar refractivity (Wildman–Crippen MR) is 120 cm³/mol. The molecule has 0 aromatic heterocycles. The number of hydrogen-bond donors (Lipinski definition) is 0. The molecule has 1 aromatic carbocycles. The third-order valence-corrected chi connectivity index (χ3v) is 9.99. The summed E-state index contributed by atoms with van der Waals surface area (Å²) in [6, 6.07) is 10.2. The highest BCUT2D eigenvalue weighted by Gasteiger charge is 2.58. The second-order valence-corrected chi connectivity index (χ2v) is 11.3. The first-order valence-electron chi connectivity index (χ1n) is 12.3. The second-order valence-electron chi connectivity index (χ2n) is 11.3. The molecule has 4 aliphatic carbocycles. The Morgan fingerprint density at radius 3 is 2.48 bits per heavy atom. The molecular weight excluding hydrogens is 354 g/mol. The number of rotatable bonds is 2. The quantitative estimate of drug-likeness (QED) is 0.557. The van der Waals surface area contributed by atoms with E-state index in [0.29, 0.717) is 5.91 Å². The van der Waals surface area contributed by atoms with Crippen molar-refractivity contribution in [3.05, 3.63) is 30.3 Å². The fourth-order valence-electron chi connectivity index (χ4n) is 8.51. The van der Waals surface area contributed by atoms with Crippen molar-refractivity contribution in [1.29, 1.82) is 0 Å². The van der Waals surface area contributed by atoms with E-state index in [4.69, 9.17) is 0 Å². The summed E-state index contributed by atoms with van der Waals surface area (Å²) in [5.74, 6) is 6.15. The van der Waals surface area contributed by atoms with Crippen molar-refractivity contribution in [3.63, 3.8) is 0 Å². The van der Waals surface area contributed by atoms with Crippen molar-refractivity contribution in [1.82, 2.24) is 0 Å². The fourth-order valence-corrected chi connectivity index (χ4v) is 8.51. The van der Waals surface area contributed by atoms with E-state index in [0.717, 1.165) is 47.6 Å². The molecule has 158 valence electrons. The molecule has 8 atom stereocenters. The van der Waals surface area contributed by atoms with E-state index in [1.54, 1.807) is 0 Å². The van der Waals surface area contributed by atoms with Crippen molar-refractivity contribution in [2.45, 2.75) is 71.6 Å². The van der Waals surface area contributed by atoms with Crippen LogP contribution in [0.15, 0.2) is 30.3 Å². The summed E-state index contributed by atoms with van der Waals surface area (Å²) in [5.41, 5.74) is 1.26. The van der Waals surface area contributed by atoms with Crippen molar-refractivity contribution < 1.29 is 4.79 Å². The largest absolute Gasteiger partial charge is 0.315 e. The Morgan fingerprint density at radius 2 is 1.69 bits per heavy atom. The molecule has 2 heteroatoms. The topological polar surface area (TPSA) is 20.3 Å². The molecule has 1 amide bonds. The van der Waals surface area contributed by atoms with Crippen LogP contribution in [0.1, 0.15) is 71.6 Å². The van der Waals surface area contributed by atoms with Gasteiger partial charge in [-0.15, -0.1) is 0 Å². The lowest BCUT2D eigenvalue weighted by atomic mass is 9.49. The van der Waals surface area contributed by atoms with Gasteiger partial charge >= 0.3 is 0 Å². The van der Waals surface area contributed by atoms with Crippen LogP contribution in [0, 0.1) is 46.8 Å². The van der Waals surface area contributed by atoms with E-state index < -0.39 is 0 Å². The van der Waals surface area contributed by atoms with Gasteiger partial charge in [0.05, 0.1) is 0 Å². The predicted octanol–water partition coefficient (Wildman–Crippen LogP) is 6.55. The van der Waals surface area contributed by atoms with Crippen LogP contribution in [0.4, 0.5) is 5.69 Å². The van der Waals surface area contributed by atoms with Gasteiger partial charge in [-0.1, -0.05) is 38.5 Å². The molecule has 1 aromatic rings. The monoisotopic (exact) mass is 393 g/mol. The molecule has 0 spiro atoms. The third kappa shape index (κ3) is 3.17. The van der Waals surface area contributed by atoms with E-state index >= 15 is 0 Å². The summed E-state index contributed by atoms with van der Waals surface area (Å²) >= 11 is 0. The highest BCUT2D eigenvalue weighted by molar-refractivity contribution is 5.95. The maximum absolute atomic E-state index is 13.6. The molecule has 0 saturated heterocycles. The first kappa shape index (κ1) is 19.6. The lowest BCUT2D eigenvalue weighted by Gasteiger charge is -2.56. The number of fused-ring (bicyclic) bond motifs is 5. The summed E-state index contributed by atoms with van der Waals surface area (Å²) in [6.45, 7) is 4.95. The minimum absolute atomic E-state index is 0.211. The van der Waals surface area contributed by atoms with Crippen LogP contribution in [-0.2, 0) is 4.79 Å². The van der Waals surface area contributed by atoms with E-state index in [9.17, 15) is 4.79 Å².